The van der Waals surface area contributed by atoms with Crippen LogP contribution in [-0.4, -0.2) is 14.3 Å². The zero-order valence-electron chi connectivity index (χ0n) is 11.1. The van der Waals surface area contributed by atoms with Crippen LogP contribution in [0.3, 0.4) is 0 Å². The monoisotopic (exact) mass is 323 g/mol. The topological polar surface area (TPSA) is 77.2 Å². The van der Waals surface area contributed by atoms with Gasteiger partial charge in [-0.1, -0.05) is 30.3 Å². The molecule has 0 fully saturated rings. The Labute approximate surface area is 128 Å². The summed E-state index contributed by atoms with van der Waals surface area (Å²) in [5.74, 6) is -0.450. The molecule has 0 saturated heterocycles. The molecule has 0 spiro atoms. The van der Waals surface area contributed by atoms with Gasteiger partial charge >= 0.3 is 0 Å². The van der Waals surface area contributed by atoms with Crippen LogP contribution < -0.4 is 5.73 Å². The number of primary amides is 1. The summed E-state index contributed by atoms with van der Waals surface area (Å²) in [4.78, 5) is 11.4. The Morgan fingerprint density at radius 2 is 1.62 bits per heavy atom. The molecule has 2 aromatic rings. The molecule has 6 heteroatoms. The van der Waals surface area contributed by atoms with Crippen molar-refractivity contribution in [3.8, 4) is 0 Å². The minimum atomic E-state index is -3.69. The molecule has 4 nitrogen and oxygen atoms in total. The third-order valence-electron chi connectivity index (χ3n) is 3.17. The van der Waals surface area contributed by atoms with Gasteiger partial charge in [-0.3, -0.25) is 4.79 Å². The number of aryl methyl sites for hydroxylation is 2. The van der Waals surface area contributed by atoms with Crippen molar-refractivity contribution in [1.82, 2.24) is 0 Å². The molecule has 0 heterocycles. The second-order valence-corrected chi connectivity index (χ2v) is 7.17. The van der Waals surface area contributed by atoms with E-state index in [-0.39, 0.29) is 4.90 Å². The van der Waals surface area contributed by atoms with E-state index in [0.29, 0.717) is 18.4 Å². The highest BCUT2D eigenvalue weighted by molar-refractivity contribution is 8.13. The number of nitrogens with two attached hydrogens (primary N) is 1. The summed E-state index contributed by atoms with van der Waals surface area (Å²) in [6.07, 6.45) is 1.32. The summed E-state index contributed by atoms with van der Waals surface area (Å²) in [7, 11) is 1.57. The molecule has 0 unspecified atom stereocenters. The summed E-state index contributed by atoms with van der Waals surface area (Å²) in [5, 5.41) is 0. The number of hydrogen-bond donors (Lipinski definition) is 1. The van der Waals surface area contributed by atoms with E-state index in [2.05, 4.69) is 0 Å². The van der Waals surface area contributed by atoms with Crippen molar-refractivity contribution in [2.45, 2.75) is 17.7 Å². The van der Waals surface area contributed by atoms with Gasteiger partial charge in [0.1, 0.15) is 0 Å². The molecule has 0 aliphatic rings. The average molecular weight is 324 g/mol. The second kappa shape index (κ2) is 6.28. The van der Waals surface area contributed by atoms with Gasteiger partial charge in [-0.15, -0.1) is 0 Å². The number of hydrogen-bond acceptors (Lipinski definition) is 3. The molecular weight excluding hydrogens is 310 g/mol. The van der Waals surface area contributed by atoms with Crippen LogP contribution in [-0.2, 0) is 21.9 Å². The Balaban J connectivity index is 2.12. The fourth-order valence-corrected chi connectivity index (χ4v) is 2.85. The van der Waals surface area contributed by atoms with Gasteiger partial charge < -0.3 is 5.73 Å². The summed E-state index contributed by atoms with van der Waals surface area (Å²) < 4.78 is 22.3. The number of benzene rings is 2. The van der Waals surface area contributed by atoms with E-state index in [4.69, 9.17) is 16.4 Å². The highest BCUT2D eigenvalue weighted by Crippen LogP contribution is 2.17. The number of halogens is 1. The van der Waals surface area contributed by atoms with Gasteiger partial charge in [0.15, 0.2) is 0 Å². The van der Waals surface area contributed by atoms with Crippen molar-refractivity contribution in [3.05, 3.63) is 65.2 Å². The first-order valence-corrected chi connectivity index (χ1v) is 8.60. The van der Waals surface area contributed by atoms with Gasteiger partial charge in [-0.05, 0) is 42.2 Å². The molecule has 2 aromatic carbocycles. The van der Waals surface area contributed by atoms with E-state index in [1.807, 2.05) is 12.1 Å². The van der Waals surface area contributed by atoms with E-state index >= 15 is 0 Å². The van der Waals surface area contributed by atoms with Gasteiger partial charge in [-0.2, -0.15) is 0 Å². The molecule has 2 N–H and O–H groups in total. The quantitative estimate of drug-likeness (QED) is 0.859. The van der Waals surface area contributed by atoms with Crippen molar-refractivity contribution in [2.24, 2.45) is 5.73 Å². The van der Waals surface area contributed by atoms with E-state index < -0.39 is 15.0 Å². The molecule has 2 rings (SSSR count). The van der Waals surface area contributed by atoms with Crippen molar-refractivity contribution < 1.29 is 13.2 Å². The van der Waals surface area contributed by atoms with Crippen LogP contribution in [0.1, 0.15) is 21.5 Å². The van der Waals surface area contributed by atoms with Crippen LogP contribution in [0.2, 0.25) is 0 Å². The highest BCUT2D eigenvalue weighted by atomic mass is 35.7. The first-order valence-electron chi connectivity index (χ1n) is 6.29. The molecule has 0 bridgehead atoms. The molecule has 0 atom stereocenters. The highest BCUT2D eigenvalue weighted by Gasteiger charge is 2.10. The predicted octanol–water partition coefficient (Wildman–Crippen LogP) is 2.50. The first kappa shape index (κ1) is 15.5. The van der Waals surface area contributed by atoms with Crippen molar-refractivity contribution in [1.29, 1.82) is 0 Å². The maximum atomic E-state index is 11.3. The second-order valence-electron chi connectivity index (χ2n) is 4.60. The lowest BCUT2D eigenvalue weighted by Crippen LogP contribution is -2.13. The molecule has 110 valence electrons. The summed E-state index contributed by atoms with van der Waals surface area (Å²) >= 11 is 0. The van der Waals surface area contributed by atoms with Crippen molar-refractivity contribution >= 4 is 25.6 Å². The fourth-order valence-electron chi connectivity index (χ4n) is 2.08. The van der Waals surface area contributed by atoms with Gasteiger partial charge in [0, 0.05) is 16.2 Å². The lowest BCUT2D eigenvalue weighted by Gasteiger charge is -2.07. The lowest BCUT2D eigenvalue weighted by molar-refractivity contribution is 0.0999. The van der Waals surface area contributed by atoms with E-state index in [1.165, 1.54) is 12.1 Å². The van der Waals surface area contributed by atoms with E-state index in [1.54, 1.807) is 24.3 Å². The molecule has 0 aromatic heterocycles. The third kappa shape index (κ3) is 4.06. The van der Waals surface area contributed by atoms with Gasteiger partial charge in [0.25, 0.3) is 9.05 Å². The van der Waals surface area contributed by atoms with Crippen molar-refractivity contribution in [3.63, 3.8) is 0 Å². The maximum absolute atomic E-state index is 11.3. The molecule has 0 aliphatic carbocycles. The largest absolute Gasteiger partial charge is 0.366 e. The predicted molar refractivity (Wildman–Crippen MR) is 81.8 cm³/mol. The zero-order chi connectivity index (χ0) is 15.5. The van der Waals surface area contributed by atoms with E-state index in [0.717, 1.165) is 11.1 Å². The molecule has 0 saturated carbocycles. The Kier molecular flexibility index (Phi) is 4.65. The van der Waals surface area contributed by atoms with Crippen LogP contribution in [0.15, 0.2) is 53.4 Å². The van der Waals surface area contributed by atoms with Crippen LogP contribution in [0.5, 0.6) is 0 Å². The Morgan fingerprint density at radius 1 is 1.00 bits per heavy atom. The van der Waals surface area contributed by atoms with Gasteiger partial charge in [-0.25, -0.2) is 8.42 Å². The normalized spacial score (nSPS) is 11.3. The smallest absolute Gasteiger partial charge is 0.261 e. The number of carbonyl (C=O) groups is 1. The molecular formula is C15H14ClNO3S. The summed E-state index contributed by atoms with van der Waals surface area (Å²) in [5.41, 5.74) is 7.67. The zero-order valence-corrected chi connectivity index (χ0v) is 12.7. The average Bonchev–Trinajstić information content (AvgIpc) is 2.45. The molecule has 21 heavy (non-hydrogen) atoms. The maximum Gasteiger partial charge on any atom is 0.261 e. The Bertz CT molecular complexity index is 755. The Morgan fingerprint density at radius 3 is 2.19 bits per heavy atom. The standard InChI is InChI=1S/C15H14ClNO3S/c16-21(19,20)13-9-6-11(7-10-13)5-8-12-3-1-2-4-14(12)15(17)18/h1-4,6-7,9-10H,5,8H2,(H2,17,18). The molecule has 0 radical (unpaired) electrons. The number of rotatable bonds is 5. The first-order chi connectivity index (χ1) is 9.88. The molecule has 0 aliphatic heterocycles. The molecule has 1 amide bonds. The number of amides is 1. The fraction of sp³-hybridized carbons (Fsp3) is 0.133. The minimum absolute atomic E-state index is 0.0745. The number of carbonyl (C=O) groups excluding carboxylic acids is 1. The third-order valence-corrected chi connectivity index (χ3v) is 4.54. The summed E-state index contributed by atoms with van der Waals surface area (Å²) in [6.45, 7) is 0. The van der Waals surface area contributed by atoms with Gasteiger partial charge in [0.2, 0.25) is 5.91 Å². The minimum Gasteiger partial charge on any atom is -0.366 e. The van der Waals surface area contributed by atoms with E-state index in [9.17, 15) is 13.2 Å². The van der Waals surface area contributed by atoms with Crippen molar-refractivity contribution in [2.75, 3.05) is 0 Å². The van der Waals surface area contributed by atoms with Crippen LogP contribution in [0.4, 0.5) is 0 Å². The van der Waals surface area contributed by atoms with Crippen LogP contribution in [0.25, 0.3) is 0 Å². The van der Waals surface area contributed by atoms with Crippen LogP contribution >= 0.6 is 10.7 Å². The van der Waals surface area contributed by atoms with Crippen LogP contribution in [0, 0.1) is 0 Å². The lowest BCUT2D eigenvalue weighted by atomic mass is 9.99. The van der Waals surface area contributed by atoms with Gasteiger partial charge in [0.05, 0.1) is 4.90 Å². The SMILES string of the molecule is NC(=O)c1ccccc1CCc1ccc(S(=O)(=O)Cl)cc1. The summed E-state index contributed by atoms with van der Waals surface area (Å²) in [6, 6.07) is 13.5. The Hall–Kier alpha value is -1.85.